The van der Waals surface area contributed by atoms with E-state index in [9.17, 15) is 6.85 Å². The Kier molecular flexibility index (Phi) is 4.09. The van der Waals surface area contributed by atoms with Gasteiger partial charge in [-0.25, -0.2) is 15.0 Å². The summed E-state index contributed by atoms with van der Waals surface area (Å²) in [5, 5.41) is -0.809. The second kappa shape index (κ2) is 12.2. The Morgan fingerprint density at radius 2 is 0.898 bits per heavy atom. The number of aromatic nitrogens is 4. The lowest BCUT2D eigenvalue weighted by atomic mass is 10.0. The van der Waals surface area contributed by atoms with Crippen LogP contribution in [-0.2, 0) is 0 Å². The summed E-state index contributed by atoms with van der Waals surface area (Å²) in [6, 6.07) is 13.5. The second-order valence-corrected chi connectivity index (χ2v) is 10.9. The van der Waals surface area contributed by atoms with Crippen LogP contribution in [0.1, 0.15) is 21.9 Å². The molecule has 7 aromatic carbocycles. The molecule has 0 fully saturated rings. The van der Waals surface area contributed by atoms with E-state index in [2.05, 4.69) is 9.97 Å². The van der Waals surface area contributed by atoms with Gasteiger partial charge >= 0.3 is 0 Å². The zero-order valence-electron chi connectivity index (χ0n) is 41.4. The van der Waals surface area contributed by atoms with Crippen molar-refractivity contribution in [1.82, 2.24) is 19.5 Å². The first-order valence-corrected chi connectivity index (χ1v) is 15.2. The molecule has 0 aliphatic carbocycles. The van der Waals surface area contributed by atoms with Gasteiger partial charge < -0.3 is 4.57 Å². The summed E-state index contributed by atoms with van der Waals surface area (Å²) < 4.78 is 144. The van der Waals surface area contributed by atoms with Crippen molar-refractivity contribution in [2.45, 2.75) is 0 Å². The molecule has 9 aromatic rings. The van der Waals surface area contributed by atoms with E-state index < -0.39 is 135 Å². The predicted molar refractivity (Wildman–Crippen MR) is 201 cm³/mol. The second-order valence-electron chi connectivity index (χ2n) is 10.9. The van der Waals surface area contributed by atoms with Crippen LogP contribution >= 0.6 is 0 Å². The quantitative estimate of drug-likeness (QED) is 0.181. The Balaban J connectivity index is 1.37. The average molecular weight is 643 g/mol. The van der Waals surface area contributed by atoms with Crippen molar-refractivity contribution in [2.24, 2.45) is 0 Å². The van der Waals surface area contributed by atoms with Gasteiger partial charge in [0.1, 0.15) is 0 Å². The van der Waals surface area contributed by atoms with Crippen LogP contribution in [0.4, 0.5) is 0 Å². The van der Waals surface area contributed by atoms with E-state index in [0.717, 1.165) is 15.7 Å². The molecule has 9 rings (SSSR count). The summed E-state index contributed by atoms with van der Waals surface area (Å²) in [7, 11) is 0. The van der Waals surface area contributed by atoms with Gasteiger partial charge in [-0.3, -0.25) is 0 Å². The number of fused-ring (bicyclic) bond motifs is 3. The van der Waals surface area contributed by atoms with E-state index in [1.165, 1.54) is 0 Å². The molecule has 0 unspecified atom stereocenters. The molecular formula is C45H30N4. The fourth-order valence-electron chi connectivity index (χ4n) is 5.66. The Hall–Kier alpha value is -6.65. The van der Waals surface area contributed by atoms with Crippen molar-refractivity contribution in [3.8, 4) is 62.1 Å². The van der Waals surface area contributed by atoms with Crippen LogP contribution in [0.15, 0.2) is 182 Å². The van der Waals surface area contributed by atoms with Gasteiger partial charge in [-0.2, -0.15) is 0 Å². The molecule has 2 aromatic heterocycles. The molecule has 0 atom stereocenters. The molecule has 0 N–H and O–H groups in total. The minimum Gasteiger partial charge on any atom is -0.309 e. The Labute approximate surface area is 307 Å². The number of benzene rings is 7. The molecular weight excluding hydrogens is 597 g/mol. The molecule has 49 heavy (non-hydrogen) atoms. The molecule has 0 saturated heterocycles. The lowest BCUT2D eigenvalue weighted by Gasteiger charge is -2.12. The van der Waals surface area contributed by atoms with E-state index in [1.54, 1.807) is 42.5 Å². The minimum atomic E-state index is -0.828. The predicted octanol–water partition coefficient (Wildman–Crippen LogP) is 11.3. The molecule has 2 heterocycles. The Bertz CT molecular complexity index is 3430. The van der Waals surface area contributed by atoms with Crippen molar-refractivity contribution in [3.05, 3.63) is 182 Å². The van der Waals surface area contributed by atoms with Crippen LogP contribution in [0, 0.1) is 0 Å². The summed E-state index contributed by atoms with van der Waals surface area (Å²) in [4.78, 5) is 14.0. The molecule has 0 amide bonds. The Morgan fingerprint density at radius 1 is 0.388 bits per heavy atom. The van der Waals surface area contributed by atoms with Gasteiger partial charge in [0.2, 0.25) is 0 Å². The van der Waals surface area contributed by atoms with Crippen molar-refractivity contribution in [2.75, 3.05) is 0 Å². The lowest BCUT2D eigenvalue weighted by Crippen LogP contribution is -2.00. The number of rotatable bonds is 6. The van der Waals surface area contributed by atoms with Crippen LogP contribution in [0.25, 0.3) is 83.9 Å². The molecule has 4 nitrogen and oxygen atoms in total. The van der Waals surface area contributed by atoms with Gasteiger partial charge in [-0.1, -0.05) is 163 Å². The number of hydrogen-bond donors (Lipinski definition) is 0. The number of hydrogen-bond acceptors (Lipinski definition) is 3. The van der Waals surface area contributed by atoms with Crippen molar-refractivity contribution in [3.63, 3.8) is 0 Å². The zero-order chi connectivity index (χ0) is 46.5. The van der Waals surface area contributed by atoms with E-state index in [-0.39, 0.29) is 23.0 Å². The smallest absolute Gasteiger partial charge is 0.164 e. The Morgan fingerprint density at radius 3 is 1.59 bits per heavy atom. The minimum absolute atomic E-state index is 0.150. The number of nitrogens with zero attached hydrogens (tertiary/aromatic N) is 4. The maximum absolute atomic E-state index is 9.48. The fraction of sp³-hybridized carbons (Fsp3) is 0. The summed E-state index contributed by atoms with van der Waals surface area (Å²) in [5.74, 6) is 0.0691. The molecule has 230 valence electrons. The molecule has 0 aliphatic rings. The van der Waals surface area contributed by atoms with Crippen molar-refractivity contribution in [1.29, 1.82) is 0 Å². The van der Waals surface area contributed by atoms with E-state index >= 15 is 0 Å². The monoisotopic (exact) mass is 642 g/mol. The molecule has 0 radical (unpaired) electrons. The first-order chi connectivity index (χ1) is 31.0. The van der Waals surface area contributed by atoms with Gasteiger partial charge in [-0.05, 0) is 34.8 Å². The van der Waals surface area contributed by atoms with Gasteiger partial charge in [0.25, 0.3) is 0 Å². The van der Waals surface area contributed by atoms with E-state index in [4.69, 9.17) is 20.1 Å². The summed E-state index contributed by atoms with van der Waals surface area (Å²) in [6.45, 7) is 0. The topological polar surface area (TPSA) is 43.6 Å². The maximum atomic E-state index is 9.48. The summed E-state index contributed by atoms with van der Waals surface area (Å²) in [6.07, 6.45) is 0. The highest BCUT2D eigenvalue weighted by atomic mass is 15.0. The highest BCUT2D eigenvalue weighted by Gasteiger charge is 2.17. The SMILES string of the molecule is [2H]c1c([2H])c([2H])c(-n2c3c([2H])c([2H])c([2H])c([2H])c3c3c([2H])c([2H])c([2H])c(-c4c([2H])c([2H])c(-c5nc(-c6ccccc6)nc(-c6ccc(-c7ccccc7)cc6)n5)c([2H])c4[2H])c32)c([2H])c1[2H]. The van der Waals surface area contributed by atoms with Gasteiger partial charge in [-0.15, -0.1) is 0 Å². The average Bonchev–Trinajstić information content (AvgIpc) is 3.67. The molecule has 0 bridgehead atoms. The van der Waals surface area contributed by atoms with Gasteiger partial charge in [0.15, 0.2) is 17.5 Å². The fourth-order valence-corrected chi connectivity index (χ4v) is 5.66. The zero-order valence-corrected chi connectivity index (χ0v) is 25.4. The van der Waals surface area contributed by atoms with Crippen LogP contribution in [-0.4, -0.2) is 19.5 Å². The van der Waals surface area contributed by atoms with Crippen molar-refractivity contribution >= 4 is 21.8 Å². The third-order valence-electron chi connectivity index (χ3n) is 7.94. The summed E-state index contributed by atoms with van der Waals surface area (Å²) in [5.41, 5.74) is -0.122. The van der Waals surface area contributed by atoms with Gasteiger partial charge in [0.05, 0.1) is 33.0 Å². The normalized spacial score (nSPS) is 15.8. The first kappa shape index (κ1) is 16.4. The number of para-hydroxylation sites is 3. The standard InChI is InChI=1S/C45H30N4/c1-4-13-31(14-5-1)32-23-27-35(28-24-32)44-46-43(34-15-6-2-7-16-34)47-45(48-44)36-29-25-33(26-30-36)38-20-12-21-40-39-19-10-11-22-41(39)49(42(38)40)37-17-8-3-9-18-37/h1-30H/i3D,8D,9D,10D,11D,12D,17D,18D,19D,20D,21D,22D,25D,26D,29D,30D. The molecule has 0 aliphatic heterocycles. The third kappa shape index (κ3) is 5.26. The summed E-state index contributed by atoms with van der Waals surface area (Å²) >= 11 is 0. The highest BCUT2D eigenvalue weighted by Crippen LogP contribution is 2.38. The maximum Gasteiger partial charge on any atom is 0.164 e. The van der Waals surface area contributed by atoms with E-state index in [1.807, 2.05) is 42.5 Å². The van der Waals surface area contributed by atoms with Crippen LogP contribution in [0.2, 0.25) is 0 Å². The molecule has 0 saturated carbocycles. The lowest BCUT2D eigenvalue weighted by molar-refractivity contribution is 1.07. The van der Waals surface area contributed by atoms with Crippen molar-refractivity contribution < 1.29 is 21.9 Å². The highest BCUT2D eigenvalue weighted by molar-refractivity contribution is 6.13. The van der Waals surface area contributed by atoms with Crippen LogP contribution < -0.4 is 0 Å². The van der Waals surface area contributed by atoms with Crippen LogP contribution in [0.5, 0.6) is 0 Å². The first-order valence-electron chi connectivity index (χ1n) is 23.2. The van der Waals surface area contributed by atoms with Gasteiger partial charge in [0, 0.05) is 38.7 Å². The van der Waals surface area contributed by atoms with Crippen LogP contribution in [0.3, 0.4) is 0 Å². The third-order valence-corrected chi connectivity index (χ3v) is 7.94. The molecule has 4 heteroatoms. The van der Waals surface area contributed by atoms with E-state index in [0.29, 0.717) is 11.1 Å². The molecule has 0 spiro atoms. The largest absolute Gasteiger partial charge is 0.309 e.